The van der Waals surface area contributed by atoms with Gasteiger partial charge in [0.05, 0.1) is 11.6 Å². The Hall–Kier alpha value is -2.84. The van der Waals surface area contributed by atoms with Crippen LogP contribution in [0.1, 0.15) is 36.8 Å². The Morgan fingerprint density at radius 3 is 2.35 bits per heavy atom. The van der Waals surface area contributed by atoms with Crippen LogP contribution in [0.15, 0.2) is 54.6 Å². The third kappa shape index (κ3) is 6.08. The van der Waals surface area contributed by atoms with Gasteiger partial charge in [-0.05, 0) is 80.8 Å². The molecule has 0 spiro atoms. The maximum Gasteiger partial charge on any atom is 0.321 e. The molecule has 2 heterocycles. The molecule has 1 N–H and O–H groups in total. The number of carbonyl (C=O) groups excluding carboxylic acids is 1. The highest BCUT2D eigenvalue weighted by Crippen LogP contribution is 2.25. The standard InChI is InChI=1S/C26H32N4O/c27-19-24-7-4-8-25(18-24)28-26(31)30-15-11-23(12-16-30)20-29-13-9-22(10-14-29)17-21-5-2-1-3-6-21/h1-8,18,22-23H,9-17,20H2,(H,28,31). The lowest BCUT2D eigenvalue weighted by Gasteiger charge is -2.37. The Labute approximate surface area is 185 Å². The molecule has 0 radical (unpaired) electrons. The SMILES string of the molecule is N#Cc1cccc(NC(=O)N2CCC(CN3CCC(Cc4ccccc4)CC3)CC2)c1. The summed E-state index contributed by atoms with van der Waals surface area (Å²) in [6.45, 7) is 5.18. The Morgan fingerprint density at radius 2 is 1.65 bits per heavy atom. The normalized spacial score (nSPS) is 18.5. The summed E-state index contributed by atoms with van der Waals surface area (Å²) in [6, 6.07) is 20.0. The summed E-state index contributed by atoms with van der Waals surface area (Å²) in [5.74, 6) is 1.49. The van der Waals surface area contributed by atoms with Crippen LogP contribution in [0.2, 0.25) is 0 Å². The molecule has 0 aliphatic carbocycles. The van der Waals surface area contributed by atoms with Crippen molar-refractivity contribution in [2.24, 2.45) is 11.8 Å². The Morgan fingerprint density at radius 1 is 0.935 bits per heavy atom. The summed E-state index contributed by atoms with van der Waals surface area (Å²) in [4.78, 5) is 17.1. The first-order chi connectivity index (χ1) is 15.2. The van der Waals surface area contributed by atoms with Crippen LogP contribution in [-0.2, 0) is 6.42 Å². The number of urea groups is 1. The molecule has 2 amide bonds. The van der Waals surface area contributed by atoms with E-state index in [9.17, 15) is 4.79 Å². The van der Waals surface area contributed by atoms with E-state index < -0.39 is 0 Å². The van der Waals surface area contributed by atoms with Crippen molar-refractivity contribution in [1.29, 1.82) is 5.26 Å². The van der Waals surface area contributed by atoms with Crippen molar-refractivity contribution >= 4 is 11.7 Å². The summed E-state index contributed by atoms with van der Waals surface area (Å²) >= 11 is 0. The van der Waals surface area contributed by atoms with E-state index in [0.29, 0.717) is 17.2 Å². The highest BCUT2D eigenvalue weighted by Gasteiger charge is 2.26. The Kier molecular flexibility index (Phi) is 7.22. The zero-order valence-electron chi connectivity index (χ0n) is 18.2. The number of carbonyl (C=O) groups is 1. The van der Waals surface area contributed by atoms with Crippen LogP contribution in [0.25, 0.3) is 0 Å². The van der Waals surface area contributed by atoms with E-state index in [1.807, 2.05) is 11.0 Å². The smallest absolute Gasteiger partial charge is 0.321 e. The highest BCUT2D eigenvalue weighted by atomic mass is 16.2. The van der Waals surface area contributed by atoms with Gasteiger partial charge in [-0.1, -0.05) is 36.4 Å². The molecule has 4 rings (SSSR count). The minimum atomic E-state index is -0.0599. The molecule has 2 aromatic carbocycles. The average molecular weight is 417 g/mol. The molecule has 5 heteroatoms. The lowest BCUT2D eigenvalue weighted by Crippen LogP contribution is -2.44. The van der Waals surface area contributed by atoms with E-state index in [1.54, 1.807) is 18.2 Å². The van der Waals surface area contributed by atoms with Crippen LogP contribution in [0.3, 0.4) is 0 Å². The lowest BCUT2D eigenvalue weighted by molar-refractivity contribution is 0.126. The summed E-state index contributed by atoms with van der Waals surface area (Å²) in [5, 5.41) is 11.9. The predicted octanol–water partition coefficient (Wildman–Crippen LogP) is 4.76. The van der Waals surface area contributed by atoms with E-state index in [4.69, 9.17) is 5.26 Å². The van der Waals surface area contributed by atoms with Crippen LogP contribution in [0.5, 0.6) is 0 Å². The van der Waals surface area contributed by atoms with Gasteiger partial charge < -0.3 is 15.1 Å². The van der Waals surface area contributed by atoms with E-state index >= 15 is 0 Å². The number of hydrogen-bond donors (Lipinski definition) is 1. The van der Waals surface area contributed by atoms with Gasteiger partial charge in [0.25, 0.3) is 0 Å². The van der Waals surface area contributed by atoms with Gasteiger partial charge >= 0.3 is 6.03 Å². The molecule has 0 bridgehead atoms. The summed E-state index contributed by atoms with van der Waals surface area (Å²) in [6.07, 6.45) is 5.92. The van der Waals surface area contributed by atoms with Crippen molar-refractivity contribution in [2.75, 3.05) is 38.0 Å². The molecule has 0 aromatic heterocycles. The Balaban J connectivity index is 1.17. The third-order valence-electron chi connectivity index (χ3n) is 6.74. The number of nitriles is 1. The number of nitrogens with one attached hydrogen (secondary N) is 1. The minimum absolute atomic E-state index is 0.0599. The molecule has 2 aromatic rings. The van der Waals surface area contributed by atoms with Crippen LogP contribution >= 0.6 is 0 Å². The van der Waals surface area contributed by atoms with Gasteiger partial charge in [-0.3, -0.25) is 0 Å². The second-order valence-corrected chi connectivity index (χ2v) is 8.99. The molecule has 0 saturated carbocycles. The zero-order valence-corrected chi connectivity index (χ0v) is 18.2. The second kappa shape index (κ2) is 10.5. The van der Waals surface area contributed by atoms with Crippen LogP contribution in [0.4, 0.5) is 10.5 Å². The van der Waals surface area contributed by atoms with Gasteiger partial charge in [-0.15, -0.1) is 0 Å². The summed E-state index contributed by atoms with van der Waals surface area (Å²) < 4.78 is 0. The maximum atomic E-state index is 12.6. The molecule has 31 heavy (non-hydrogen) atoms. The number of piperidine rings is 2. The molecule has 0 unspecified atom stereocenters. The highest BCUT2D eigenvalue weighted by molar-refractivity contribution is 5.89. The van der Waals surface area contributed by atoms with Gasteiger partial charge in [0.2, 0.25) is 0 Å². The molecule has 0 atom stereocenters. The molecule has 5 nitrogen and oxygen atoms in total. The number of anilines is 1. The van der Waals surface area contributed by atoms with E-state index in [2.05, 4.69) is 46.6 Å². The van der Waals surface area contributed by atoms with Gasteiger partial charge in [0.1, 0.15) is 0 Å². The van der Waals surface area contributed by atoms with Crippen LogP contribution in [-0.4, -0.2) is 48.6 Å². The lowest BCUT2D eigenvalue weighted by atomic mass is 9.89. The predicted molar refractivity (Wildman–Crippen MR) is 124 cm³/mol. The molecule has 2 saturated heterocycles. The fraction of sp³-hybridized carbons (Fsp3) is 0.462. The van der Waals surface area contributed by atoms with Gasteiger partial charge in [-0.25, -0.2) is 4.79 Å². The molecular weight excluding hydrogens is 384 g/mol. The van der Waals surface area contributed by atoms with Crippen molar-refractivity contribution in [3.05, 3.63) is 65.7 Å². The summed E-state index contributed by atoms with van der Waals surface area (Å²) in [5.41, 5.74) is 2.71. The quantitative estimate of drug-likeness (QED) is 0.765. The number of nitrogens with zero attached hydrogens (tertiary/aromatic N) is 3. The van der Waals surface area contributed by atoms with Gasteiger partial charge in [-0.2, -0.15) is 5.26 Å². The number of hydrogen-bond acceptors (Lipinski definition) is 3. The first-order valence-corrected chi connectivity index (χ1v) is 11.5. The third-order valence-corrected chi connectivity index (χ3v) is 6.74. The number of likely N-dealkylation sites (tertiary alicyclic amines) is 2. The zero-order chi connectivity index (χ0) is 21.5. The summed E-state index contributed by atoms with van der Waals surface area (Å²) in [7, 11) is 0. The average Bonchev–Trinajstić information content (AvgIpc) is 2.81. The first kappa shape index (κ1) is 21.4. The minimum Gasteiger partial charge on any atom is -0.325 e. The molecular formula is C26H32N4O. The van der Waals surface area contributed by atoms with Crippen LogP contribution in [0, 0.1) is 23.2 Å². The van der Waals surface area contributed by atoms with Crippen molar-refractivity contribution in [3.8, 4) is 6.07 Å². The second-order valence-electron chi connectivity index (χ2n) is 8.99. The van der Waals surface area contributed by atoms with Gasteiger partial charge in [0, 0.05) is 25.3 Å². The fourth-order valence-corrected chi connectivity index (χ4v) is 4.87. The Bertz CT molecular complexity index is 891. The van der Waals surface area contributed by atoms with Crippen molar-refractivity contribution < 1.29 is 4.79 Å². The van der Waals surface area contributed by atoms with E-state index in [1.165, 1.54) is 37.9 Å². The molecule has 2 aliphatic heterocycles. The van der Waals surface area contributed by atoms with E-state index in [-0.39, 0.29) is 6.03 Å². The molecule has 2 fully saturated rings. The number of amides is 2. The monoisotopic (exact) mass is 416 g/mol. The largest absolute Gasteiger partial charge is 0.325 e. The fourth-order valence-electron chi connectivity index (χ4n) is 4.87. The van der Waals surface area contributed by atoms with Gasteiger partial charge in [0.15, 0.2) is 0 Å². The topological polar surface area (TPSA) is 59.4 Å². The van der Waals surface area contributed by atoms with Crippen molar-refractivity contribution in [3.63, 3.8) is 0 Å². The maximum absolute atomic E-state index is 12.6. The number of rotatable bonds is 5. The van der Waals surface area contributed by atoms with Crippen molar-refractivity contribution in [2.45, 2.75) is 32.1 Å². The van der Waals surface area contributed by atoms with E-state index in [0.717, 1.165) is 38.4 Å². The molecule has 2 aliphatic rings. The van der Waals surface area contributed by atoms with Crippen LogP contribution < -0.4 is 5.32 Å². The number of benzene rings is 2. The first-order valence-electron chi connectivity index (χ1n) is 11.5. The van der Waals surface area contributed by atoms with Crippen molar-refractivity contribution in [1.82, 2.24) is 9.80 Å². The molecule has 162 valence electrons.